The van der Waals surface area contributed by atoms with Crippen LogP contribution in [0.5, 0.6) is 0 Å². The number of rotatable bonds is 52. The lowest BCUT2D eigenvalue weighted by Gasteiger charge is -2.18. The summed E-state index contributed by atoms with van der Waals surface area (Å²) in [5.74, 6) is -0.988. The van der Waals surface area contributed by atoms with E-state index in [1.807, 2.05) is 0 Å². The first-order valence-corrected chi connectivity index (χ1v) is 29.7. The molecule has 0 saturated heterocycles. The average Bonchev–Trinajstić information content (AvgIpc) is 3.39. The monoisotopic (exact) mass is 1010 g/mol. The number of hydrogen-bond acceptors (Lipinski definition) is 6. The van der Waals surface area contributed by atoms with Gasteiger partial charge in [0.15, 0.2) is 6.10 Å². The Bertz CT molecular complexity index is 1580. The Balaban J connectivity index is 4.52. The van der Waals surface area contributed by atoms with E-state index in [0.717, 1.165) is 122 Å². The smallest absolute Gasteiger partial charge is 0.306 e. The van der Waals surface area contributed by atoms with Crippen LogP contribution in [0.4, 0.5) is 0 Å². The largest absolute Gasteiger partial charge is 0.462 e. The van der Waals surface area contributed by atoms with Crippen LogP contribution in [0.25, 0.3) is 0 Å². The van der Waals surface area contributed by atoms with Crippen molar-refractivity contribution in [3.8, 4) is 0 Å². The van der Waals surface area contributed by atoms with E-state index >= 15 is 0 Å². The lowest BCUT2D eigenvalue weighted by Crippen LogP contribution is -2.30. The molecule has 0 aromatic carbocycles. The minimum Gasteiger partial charge on any atom is -0.462 e. The minimum atomic E-state index is -0.816. The Morgan fingerprint density at radius 2 is 0.548 bits per heavy atom. The molecule has 0 aromatic rings. The van der Waals surface area contributed by atoms with Crippen LogP contribution in [-0.2, 0) is 28.6 Å². The van der Waals surface area contributed by atoms with Crippen LogP contribution < -0.4 is 0 Å². The Kier molecular flexibility index (Phi) is 56.4. The van der Waals surface area contributed by atoms with Crippen molar-refractivity contribution in [2.75, 3.05) is 13.2 Å². The predicted molar refractivity (Wildman–Crippen MR) is 316 cm³/mol. The maximum atomic E-state index is 12.9. The van der Waals surface area contributed by atoms with E-state index in [1.54, 1.807) is 0 Å². The molecular formula is C67H108O6. The highest BCUT2D eigenvalue weighted by Gasteiger charge is 2.19. The van der Waals surface area contributed by atoms with Gasteiger partial charge in [-0.1, -0.05) is 238 Å². The molecule has 0 spiro atoms. The van der Waals surface area contributed by atoms with Gasteiger partial charge < -0.3 is 14.2 Å². The van der Waals surface area contributed by atoms with Crippen LogP contribution in [0, 0.1) is 0 Å². The van der Waals surface area contributed by atoms with Gasteiger partial charge in [0.25, 0.3) is 0 Å². The van der Waals surface area contributed by atoms with Crippen LogP contribution >= 0.6 is 0 Å². The van der Waals surface area contributed by atoms with Crippen molar-refractivity contribution in [2.24, 2.45) is 0 Å². The number of carbonyl (C=O) groups excluding carboxylic acids is 3. The molecule has 0 radical (unpaired) electrons. The van der Waals surface area contributed by atoms with Gasteiger partial charge in [0.1, 0.15) is 13.2 Å². The Hall–Kier alpha value is -4.45. The topological polar surface area (TPSA) is 78.9 Å². The van der Waals surface area contributed by atoms with Crippen LogP contribution in [0.15, 0.2) is 134 Å². The van der Waals surface area contributed by atoms with E-state index in [9.17, 15) is 14.4 Å². The van der Waals surface area contributed by atoms with Gasteiger partial charge in [0.05, 0.1) is 0 Å². The molecule has 0 bridgehead atoms. The van der Waals surface area contributed by atoms with Gasteiger partial charge in [-0.05, 0) is 128 Å². The zero-order valence-corrected chi connectivity index (χ0v) is 47.1. The number of hydrogen-bond donors (Lipinski definition) is 0. The van der Waals surface area contributed by atoms with Crippen LogP contribution in [0.2, 0.25) is 0 Å². The summed E-state index contributed by atoms with van der Waals surface area (Å²) in [7, 11) is 0. The number of ether oxygens (including phenoxy) is 3. The zero-order valence-electron chi connectivity index (χ0n) is 47.1. The normalized spacial score (nSPS) is 13.1. The number of allylic oxidation sites excluding steroid dienone is 22. The van der Waals surface area contributed by atoms with Crippen molar-refractivity contribution < 1.29 is 28.6 Å². The summed E-state index contributed by atoms with van der Waals surface area (Å²) in [4.78, 5) is 38.2. The summed E-state index contributed by atoms with van der Waals surface area (Å²) in [6.45, 7) is 6.32. The quantitative estimate of drug-likeness (QED) is 0.0261. The standard InChI is InChI=1S/C67H108O6/c1-4-7-10-13-16-19-22-25-28-31-33-36-39-42-45-48-51-54-57-60-66(69)72-63-64(62-71-65(68)59-56-53-50-47-44-41-38-35-30-27-24-21-18-15-12-9-6-3)73-67(70)61-58-55-52-49-46-43-40-37-34-32-29-26-23-20-17-14-11-8-5-2/h7,9-10,12,16-21,25-30,33,36,38,41,47,50,64H,4-6,8,11,13-15,22-24,31-32,34-35,37,39-40,42-46,48-49,51-63H2,1-3H3/b10-7-,12-9-,19-16-,20-17-,21-18-,28-25-,29-26-,30-27-,36-33-,41-38-,50-47-. The van der Waals surface area contributed by atoms with E-state index in [4.69, 9.17) is 14.2 Å². The number of unbranched alkanes of at least 4 members (excludes halogenated alkanes) is 19. The second kappa shape index (κ2) is 60.1. The maximum absolute atomic E-state index is 12.9. The summed E-state index contributed by atoms with van der Waals surface area (Å²) >= 11 is 0. The third kappa shape index (κ3) is 58.3. The molecule has 0 aliphatic heterocycles. The average molecular weight is 1010 g/mol. The fourth-order valence-corrected chi connectivity index (χ4v) is 7.73. The number of carbonyl (C=O) groups is 3. The molecule has 0 rings (SSSR count). The maximum Gasteiger partial charge on any atom is 0.306 e. The second-order valence-corrected chi connectivity index (χ2v) is 19.1. The highest BCUT2D eigenvalue weighted by molar-refractivity contribution is 5.71. The molecule has 0 aliphatic rings. The highest BCUT2D eigenvalue weighted by Crippen LogP contribution is 2.14. The van der Waals surface area contributed by atoms with Gasteiger partial charge in [0, 0.05) is 19.3 Å². The van der Waals surface area contributed by atoms with Crippen LogP contribution in [0.3, 0.4) is 0 Å². The molecule has 0 fully saturated rings. The third-order valence-electron chi connectivity index (χ3n) is 12.1. The van der Waals surface area contributed by atoms with E-state index in [0.29, 0.717) is 19.3 Å². The van der Waals surface area contributed by atoms with Gasteiger partial charge in [0.2, 0.25) is 0 Å². The van der Waals surface area contributed by atoms with Crippen molar-refractivity contribution in [1.82, 2.24) is 0 Å². The fourth-order valence-electron chi connectivity index (χ4n) is 7.73. The van der Waals surface area contributed by atoms with E-state index < -0.39 is 6.10 Å². The molecule has 0 N–H and O–H groups in total. The van der Waals surface area contributed by atoms with E-state index in [-0.39, 0.29) is 37.5 Å². The molecule has 0 aromatic heterocycles. The summed E-state index contributed by atoms with van der Waals surface area (Å²) in [5.41, 5.74) is 0. The highest BCUT2D eigenvalue weighted by atomic mass is 16.6. The molecule has 0 amide bonds. The van der Waals surface area contributed by atoms with Gasteiger partial charge in [-0.3, -0.25) is 14.4 Å². The molecule has 0 aliphatic carbocycles. The summed E-state index contributed by atoms with van der Waals surface area (Å²) in [5, 5.41) is 0. The third-order valence-corrected chi connectivity index (χ3v) is 12.1. The van der Waals surface area contributed by atoms with E-state index in [2.05, 4.69) is 154 Å². The second-order valence-electron chi connectivity index (χ2n) is 19.1. The lowest BCUT2D eigenvalue weighted by atomic mass is 10.1. The molecule has 73 heavy (non-hydrogen) atoms. The Morgan fingerprint density at radius 1 is 0.288 bits per heavy atom. The molecule has 6 heteroatoms. The fraction of sp³-hybridized carbons (Fsp3) is 0.627. The molecule has 6 nitrogen and oxygen atoms in total. The van der Waals surface area contributed by atoms with Gasteiger partial charge in [-0.15, -0.1) is 0 Å². The molecule has 1 unspecified atom stereocenters. The lowest BCUT2D eigenvalue weighted by molar-refractivity contribution is -0.167. The molecule has 0 saturated carbocycles. The summed E-state index contributed by atoms with van der Waals surface area (Å²) < 4.78 is 16.8. The molecule has 1 atom stereocenters. The van der Waals surface area contributed by atoms with Gasteiger partial charge in [-0.2, -0.15) is 0 Å². The summed E-state index contributed by atoms with van der Waals surface area (Å²) in [6, 6.07) is 0. The Morgan fingerprint density at radius 3 is 0.890 bits per heavy atom. The van der Waals surface area contributed by atoms with Crippen LogP contribution in [-0.4, -0.2) is 37.2 Å². The zero-order chi connectivity index (χ0) is 52.9. The van der Waals surface area contributed by atoms with Crippen molar-refractivity contribution in [3.05, 3.63) is 134 Å². The first kappa shape index (κ1) is 68.6. The van der Waals surface area contributed by atoms with E-state index in [1.165, 1.54) is 83.5 Å². The van der Waals surface area contributed by atoms with Crippen molar-refractivity contribution in [1.29, 1.82) is 0 Å². The SMILES string of the molecule is CC/C=C\C/C=C\C/C=C\C/C=C\C/C=C\CCCC(=O)OCC(COC(=O)CCCCCCCC/C=C\C/C=C\C/C=C\C/C=C\CC)OC(=O)CCCCCCCCCCC/C=C\C/C=C\CCCCC. The molecular weight excluding hydrogens is 901 g/mol. The van der Waals surface area contributed by atoms with Crippen molar-refractivity contribution in [2.45, 2.75) is 258 Å². The Labute approximate surface area is 449 Å². The molecule has 412 valence electrons. The molecule has 0 heterocycles. The first-order chi connectivity index (χ1) is 36.0. The van der Waals surface area contributed by atoms with Crippen molar-refractivity contribution in [3.63, 3.8) is 0 Å². The summed E-state index contributed by atoms with van der Waals surface area (Å²) in [6.07, 6.45) is 84.4. The first-order valence-electron chi connectivity index (χ1n) is 29.7. The van der Waals surface area contributed by atoms with Crippen LogP contribution in [0.1, 0.15) is 252 Å². The van der Waals surface area contributed by atoms with Gasteiger partial charge >= 0.3 is 17.9 Å². The number of esters is 3. The predicted octanol–water partition coefficient (Wildman–Crippen LogP) is 20.2. The minimum absolute atomic E-state index is 0.109. The van der Waals surface area contributed by atoms with Gasteiger partial charge in [-0.25, -0.2) is 0 Å². The van der Waals surface area contributed by atoms with Crippen molar-refractivity contribution >= 4 is 17.9 Å².